The number of carbonyl (C=O) groups excluding carboxylic acids is 1. The third-order valence-electron chi connectivity index (χ3n) is 1.54. The number of benzene rings is 1. The Balaban J connectivity index is 2.87. The average Bonchev–Trinajstić information content (AvgIpc) is 2.17. The van der Waals surface area contributed by atoms with E-state index in [2.05, 4.69) is 0 Å². The summed E-state index contributed by atoms with van der Waals surface area (Å²) >= 11 is 0. The van der Waals surface area contributed by atoms with Crippen molar-refractivity contribution in [1.82, 2.24) is 0 Å². The summed E-state index contributed by atoms with van der Waals surface area (Å²) in [6.45, 7) is 0. The Morgan fingerprint density at radius 2 is 2.00 bits per heavy atom. The molecule has 1 amide bonds. The summed E-state index contributed by atoms with van der Waals surface area (Å²) in [4.78, 5) is 12.2. The van der Waals surface area contributed by atoms with E-state index in [0.29, 0.717) is 0 Å². The Labute approximate surface area is 70.8 Å². The van der Waals surface area contributed by atoms with E-state index in [0.717, 1.165) is 5.69 Å². The van der Waals surface area contributed by atoms with E-state index in [4.69, 9.17) is 5.26 Å². The van der Waals surface area contributed by atoms with Gasteiger partial charge in [-0.3, -0.25) is 4.79 Å². The van der Waals surface area contributed by atoms with E-state index in [1.807, 2.05) is 18.2 Å². The smallest absolute Gasteiger partial charge is 0.303 e. The van der Waals surface area contributed by atoms with Crippen LogP contribution in [0.3, 0.4) is 0 Å². The molecule has 0 N–H and O–H groups in total. The van der Waals surface area contributed by atoms with Gasteiger partial charge in [-0.2, -0.15) is 5.26 Å². The van der Waals surface area contributed by atoms with E-state index in [1.54, 1.807) is 25.2 Å². The molecule has 0 aliphatic carbocycles. The number of carbonyl (C=O) groups is 1. The van der Waals surface area contributed by atoms with Gasteiger partial charge in [0.25, 0.3) is 0 Å². The molecule has 3 nitrogen and oxygen atoms in total. The molecule has 0 aromatic heterocycles. The highest BCUT2D eigenvalue weighted by molar-refractivity contribution is 6.03. The van der Waals surface area contributed by atoms with Crippen molar-refractivity contribution in [3.63, 3.8) is 0 Å². The van der Waals surface area contributed by atoms with E-state index in [9.17, 15) is 4.79 Å². The molecule has 1 aromatic carbocycles. The maximum atomic E-state index is 10.9. The van der Waals surface area contributed by atoms with Crippen LogP contribution < -0.4 is 4.90 Å². The van der Waals surface area contributed by atoms with Crippen LogP contribution in [0.2, 0.25) is 0 Å². The molecule has 0 radical (unpaired) electrons. The van der Waals surface area contributed by atoms with E-state index in [1.165, 1.54) is 4.90 Å². The van der Waals surface area contributed by atoms with Gasteiger partial charge >= 0.3 is 5.91 Å². The molecular weight excluding hydrogens is 152 g/mol. The highest BCUT2D eigenvalue weighted by atomic mass is 16.2. The number of amides is 1. The Morgan fingerprint density at radius 1 is 1.42 bits per heavy atom. The fraction of sp³-hybridized carbons (Fsp3) is 0.111. The van der Waals surface area contributed by atoms with Crippen molar-refractivity contribution in [2.45, 2.75) is 0 Å². The van der Waals surface area contributed by atoms with Crippen LogP contribution in [0.5, 0.6) is 0 Å². The first-order chi connectivity index (χ1) is 5.75. The van der Waals surface area contributed by atoms with Crippen LogP contribution in [-0.4, -0.2) is 13.0 Å². The molecule has 0 fully saturated rings. The molecule has 0 saturated heterocycles. The van der Waals surface area contributed by atoms with Crippen molar-refractivity contribution < 1.29 is 4.79 Å². The molecule has 0 unspecified atom stereocenters. The van der Waals surface area contributed by atoms with E-state index < -0.39 is 5.91 Å². The summed E-state index contributed by atoms with van der Waals surface area (Å²) in [7, 11) is 1.57. The molecule has 12 heavy (non-hydrogen) atoms. The average molecular weight is 160 g/mol. The maximum absolute atomic E-state index is 10.9. The number of anilines is 1. The fourth-order valence-corrected chi connectivity index (χ4v) is 0.844. The predicted octanol–water partition coefficient (Wildman–Crippen LogP) is 1.17. The van der Waals surface area contributed by atoms with Gasteiger partial charge in [-0.15, -0.1) is 0 Å². The zero-order valence-corrected chi connectivity index (χ0v) is 6.69. The van der Waals surface area contributed by atoms with Crippen molar-refractivity contribution >= 4 is 11.6 Å². The van der Waals surface area contributed by atoms with Crippen molar-refractivity contribution in [2.24, 2.45) is 0 Å². The van der Waals surface area contributed by atoms with E-state index in [-0.39, 0.29) is 0 Å². The standard InChI is InChI=1S/C9H8N2O/c1-11(9(12)7-10)8-5-3-2-4-6-8/h2-6H,1H3. The summed E-state index contributed by atoms with van der Waals surface area (Å²) in [5.74, 6) is -0.554. The first-order valence-corrected chi connectivity index (χ1v) is 3.48. The minimum atomic E-state index is -0.554. The molecule has 0 aliphatic rings. The zero-order chi connectivity index (χ0) is 8.97. The van der Waals surface area contributed by atoms with E-state index >= 15 is 0 Å². The minimum absolute atomic E-state index is 0.554. The highest BCUT2D eigenvalue weighted by Crippen LogP contribution is 2.10. The molecular formula is C9H8N2O. The zero-order valence-electron chi connectivity index (χ0n) is 6.69. The topological polar surface area (TPSA) is 44.1 Å². The molecule has 3 heteroatoms. The molecule has 1 aromatic rings. The van der Waals surface area contributed by atoms with Crippen molar-refractivity contribution in [3.05, 3.63) is 30.3 Å². The van der Waals surface area contributed by atoms with Crippen LogP contribution in [0, 0.1) is 11.3 Å². The van der Waals surface area contributed by atoms with Gasteiger partial charge in [-0.1, -0.05) is 18.2 Å². The second-order valence-corrected chi connectivity index (χ2v) is 2.31. The molecule has 0 aliphatic heterocycles. The second kappa shape index (κ2) is 3.54. The molecule has 0 saturated carbocycles. The van der Waals surface area contributed by atoms with Crippen LogP contribution in [-0.2, 0) is 4.79 Å². The third kappa shape index (κ3) is 1.61. The monoisotopic (exact) mass is 160 g/mol. The Kier molecular flexibility index (Phi) is 2.44. The maximum Gasteiger partial charge on any atom is 0.329 e. The highest BCUT2D eigenvalue weighted by Gasteiger charge is 2.07. The van der Waals surface area contributed by atoms with Gasteiger partial charge in [0.15, 0.2) is 6.07 Å². The molecule has 0 spiro atoms. The number of rotatable bonds is 1. The lowest BCUT2D eigenvalue weighted by atomic mass is 10.3. The predicted molar refractivity (Wildman–Crippen MR) is 45.5 cm³/mol. The van der Waals surface area contributed by atoms with Crippen LogP contribution in [0.4, 0.5) is 5.69 Å². The summed E-state index contributed by atoms with van der Waals surface area (Å²) in [5, 5.41) is 8.33. The van der Waals surface area contributed by atoms with Gasteiger partial charge in [0.05, 0.1) is 0 Å². The second-order valence-electron chi connectivity index (χ2n) is 2.31. The number of nitriles is 1. The molecule has 1 rings (SSSR count). The lowest BCUT2D eigenvalue weighted by Gasteiger charge is -2.11. The molecule has 0 heterocycles. The van der Waals surface area contributed by atoms with Crippen LogP contribution in [0.1, 0.15) is 0 Å². The largest absolute Gasteiger partial charge is 0.329 e. The van der Waals surface area contributed by atoms with Crippen LogP contribution in [0.25, 0.3) is 0 Å². The van der Waals surface area contributed by atoms with Gasteiger partial charge < -0.3 is 4.90 Å². The van der Waals surface area contributed by atoms with Gasteiger partial charge in [0, 0.05) is 12.7 Å². The molecule has 0 bridgehead atoms. The van der Waals surface area contributed by atoms with Gasteiger partial charge in [-0.05, 0) is 12.1 Å². The van der Waals surface area contributed by atoms with Gasteiger partial charge in [0.1, 0.15) is 0 Å². The number of nitrogens with zero attached hydrogens (tertiary/aromatic N) is 2. The minimum Gasteiger partial charge on any atom is -0.303 e. The molecule has 0 atom stereocenters. The lowest BCUT2D eigenvalue weighted by molar-refractivity contribution is -0.113. The third-order valence-corrected chi connectivity index (χ3v) is 1.54. The number of hydrogen-bond donors (Lipinski definition) is 0. The Hall–Kier alpha value is -1.82. The first-order valence-electron chi connectivity index (χ1n) is 3.48. The summed E-state index contributed by atoms with van der Waals surface area (Å²) in [5.41, 5.74) is 0.726. The first kappa shape index (κ1) is 8.28. The quantitative estimate of drug-likeness (QED) is 0.579. The Bertz CT molecular complexity index is 313. The summed E-state index contributed by atoms with van der Waals surface area (Å²) in [6.07, 6.45) is 0. The summed E-state index contributed by atoms with van der Waals surface area (Å²) < 4.78 is 0. The number of para-hydroxylation sites is 1. The van der Waals surface area contributed by atoms with Crippen molar-refractivity contribution in [1.29, 1.82) is 5.26 Å². The van der Waals surface area contributed by atoms with Crippen LogP contribution >= 0.6 is 0 Å². The molecule has 60 valence electrons. The normalized spacial score (nSPS) is 8.67. The van der Waals surface area contributed by atoms with Gasteiger partial charge in [-0.25, -0.2) is 0 Å². The Morgan fingerprint density at radius 3 is 2.50 bits per heavy atom. The number of hydrogen-bond acceptors (Lipinski definition) is 2. The van der Waals surface area contributed by atoms with Crippen molar-refractivity contribution in [3.8, 4) is 6.07 Å². The summed E-state index contributed by atoms with van der Waals surface area (Å²) in [6, 6.07) is 10.6. The SMILES string of the molecule is CN(C(=O)C#N)c1ccccc1. The van der Waals surface area contributed by atoms with Crippen molar-refractivity contribution in [2.75, 3.05) is 11.9 Å². The lowest BCUT2D eigenvalue weighted by Crippen LogP contribution is -2.23. The fourth-order valence-electron chi connectivity index (χ4n) is 0.844. The van der Waals surface area contributed by atoms with Crippen LogP contribution in [0.15, 0.2) is 30.3 Å². The van der Waals surface area contributed by atoms with Gasteiger partial charge in [0.2, 0.25) is 0 Å².